The summed E-state index contributed by atoms with van der Waals surface area (Å²) < 4.78 is 0. The standard InChI is InChI=1S/C13H15N/c1-2-3-4-8-11-14-12-13-9-6-5-7-10-13/h2-11H,12H2,1H3/b3-2-,8-4-,14-11+. The van der Waals surface area contributed by atoms with Gasteiger partial charge < -0.3 is 0 Å². The molecule has 0 spiro atoms. The van der Waals surface area contributed by atoms with E-state index in [0.29, 0.717) is 0 Å². The molecule has 0 aromatic heterocycles. The fourth-order valence-corrected chi connectivity index (χ4v) is 1.03. The molecule has 1 aromatic rings. The van der Waals surface area contributed by atoms with Gasteiger partial charge in [-0.05, 0) is 18.6 Å². The summed E-state index contributed by atoms with van der Waals surface area (Å²) in [6.07, 6.45) is 9.69. The minimum Gasteiger partial charge on any atom is -0.288 e. The van der Waals surface area contributed by atoms with Crippen molar-refractivity contribution in [3.05, 3.63) is 60.2 Å². The molecule has 0 aliphatic heterocycles. The van der Waals surface area contributed by atoms with E-state index in [1.165, 1.54) is 5.56 Å². The number of hydrogen-bond acceptors (Lipinski definition) is 1. The highest BCUT2D eigenvalue weighted by Gasteiger charge is 1.84. The van der Waals surface area contributed by atoms with Crippen LogP contribution < -0.4 is 0 Å². The number of aliphatic imine (C=N–C) groups is 1. The third-order valence-corrected chi connectivity index (χ3v) is 1.72. The van der Waals surface area contributed by atoms with Gasteiger partial charge in [0.1, 0.15) is 0 Å². The van der Waals surface area contributed by atoms with Gasteiger partial charge in [0.2, 0.25) is 0 Å². The highest BCUT2D eigenvalue weighted by Crippen LogP contribution is 1.99. The Balaban J connectivity index is 2.34. The van der Waals surface area contributed by atoms with Crippen LogP contribution in [0, 0.1) is 0 Å². The third kappa shape index (κ3) is 4.41. The lowest BCUT2D eigenvalue weighted by Crippen LogP contribution is -1.79. The van der Waals surface area contributed by atoms with Crippen LogP contribution in [0.5, 0.6) is 0 Å². The molecule has 72 valence electrons. The largest absolute Gasteiger partial charge is 0.288 e. The molecule has 0 atom stereocenters. The Morgan fingerprint density at radius 2 is 1.86 bits per heavy atom. The van der Waals surface area contributed by atoms with Crippen LogP contribution in [0.3, 0.4) is 0 Å². The number of nitrogens with zero attached hydrogens (tertiary/aromatic N) is 1. The first-order valence-electron chi connectivity index (χ1n) is 4.75. The normalized spacial score (nSPS) is 12.1. The molecule has 1 heteroatoms. The summed E-state index contributed by atoms with van der Waals surface area (Å²) >= 11 is 0. The van der Waals surface area contributed by atoms with Crippen molar-refractivity contribution >= 4 is 6.21 Å². The highest BCUT2D eigenvalue weighted by molar-refractivity contribution is 5.71. The Labute approximate surface area is 85.5 Å². The molecule has 1 nitrogen and oxygen atoms in total. The van der Waals surface area contributed by atoms with E-state index in [0.717, 1.165) is 6.54 Å². The van der Waals surface area contributed by atoms with Gasteiger partial charge in [-0.15, -0.1) is 0 Å². The van der Waals surface area contributed by atoms with Gasteiger partial charge in [-0.25, -0.2) is 0 Å². The van der Waals surface area contributed by atoms with Crippen LogP contribution in [-0.2, 0) is 6.54 Å². The number of hydrogen-bond donors (Lipinski definition) is 0. The van der Waals surface area contributed by atoms with Crippen LogP contribution in [0.15, 0.2) is 59.6 Å². The lowest BCUT2D eigenvalue weighted by Gasteiger charge is -1.92. The Bertz CT molecular complexity index is 320. The predicted octanol–water partition coefficient (Wildman–Crippen LogP) is 3.39. The Hall–Kier alpha value is -1.63. The predicted molar refractivity (Wildman–Crippen MR) is 62.6 cm³/mol. The minimum atomic E-state index is 0.751. The van der Waals surface area contributed by atoms with Crippen LogP contribution in [0.1, 0.15) is 12.5 Å². The van der Waals surface area contributed by atoms with Crippen molar-refractivity contribution in [1.29, 1.82) is 0 Å². The molecule has 1 rings (SSSR count). The van der Waals surface area contributed by atoms with Crippen molar-refractivity contribution in [3.8, 4) is 0 Å². The summed E-state index contributed by atoms with van der Waals surface area (Å²) in [6.45, 7) is 2.74. The molecule has 14 heavy (non-hydrogen) atoms. The third-order valence-electron chi connectivity index (χ3n) is 1.72. The van der Waals surface area contributed by atoms with Crippen LogP contribution in [-0.4, -0.2) is 6.21 Å². The fourth-order valence-electron chi connectivity index (χ4n) is 1.03. The second-order valence-corrected chi connectivity index (χ2v) is 2.89. The minimum absolute atomic E-state index is 0.751. The lowest BCUT2D eigenvalue weighted by molar-refractivity contribution is 1.08. The monoisotopic (exact) mass is 185 g/mol. The summed E-state index contributed by atoms with van der Waals surface area (Å²) in [4.78, 5) is 4.27. The molecule has 1 aromatic carbocycles. The smallest absolute Gasteiger partial charge is 0.0639 e. The van der Waals surface area contributed by atoms with Crippen molar-refractivity contribution in [2.75, 3.05) is 0 Å². The number of allylic oxidation sites excluding steroid dienone is 4. The zero-order chi connectivity index (χ0) is 10.1. The van der Waals surface area contributed by atoms with Gasteiger partial charge >= 0.3 is 0 Å². The zero-order valence-electron chi connectivity index (χ0n) is 8.43. The van der Waals surface area contributed by atoms with Crippen LogP contribution in [0.2, 0.25) is 0 Å². The molecular weight excluding hydrogens is 170 g/mol. The van der Waals surface area contributed by atoms with Crippen LogP contribution >= 0.6 is 0 Å². The molecule has 0 saturated carbocycles. The van der Waals surface area contributed by atoms with Gasteiger partial charge in [0.15, 0.2) is 0 Å². The van der Waals surface area contributed by atoms with E-state index < -0.39 is 0 Å². The quantitative estimate of drug-likeness (QED) is 0.503. The molecule has 0 aliphatic carbocycles. The summed E-state index contributed by atoms with van der Waals surface area (Å²) in [5, 5.41) is 0. The lowest BCUT2D eigenvalue weighted by atomic mass is 10.2. The number of benzene rings is 1. The topological polar surface area (TPSA) is 12.4 Å². The second-order valence-electron chi connectivity index (χ2n) is 2.89. The molecule has 0 heterocycles. The van der Waals surface area contributed by atoms with Gasteiger partial charge in [0.25, 0.3) is 0 Å². The second kappa shape index (κ2) is 6.84. The zero-order valence-corrected chi connectivity index (χ0v) is 8.43. The van der Waals surface area contributed by atoms with E-state index in [1.54, 1.807) is 0 Å². The van der Waals surface area contributed by atoms with Gasteiger partial charge in [-0.1, -0.05) is 48.6 Å². The first-order chi connectivity index (χ1) is 6.93. The first-order valence-corrected chi connectivity index (χ1v) is 4.75. The van der Waals surface area contributed by atoms with Crippen molar-refractivity contribution in [2.24, 2.45) is 4.99 Å². The molecule has 0 fully saturated rings. The molecule has 0 bridgehead atoms. The highest BCUT2D eigenvalue weighted by atomic mass is 14.7. The Morgan fingerprint density at radius 3 is 2.57 bits per heavy atom. The maximum atomic E-state index is 4.27. The summed E-state index contributed by atoms with van der Waals surface area (Å²) in [5.74, 6) is 0. The molecule has 0 radical (unpaired) electrons. The molecule has 0 aliphatic rings. The van der Waals surface area contributed by atoms with Crippen LogP contribution in [0.25, 0.3) is 0 Å². The Morgan fingerprint density at radius 1 is 1.07 bits per heavy atom. The van der Waals surface area contributed by atoms with Gasteiger partial charge in [-0.3, -0.25) is 4.99 Å². The van der Waals surface area contributed by atoms with Crippen molar-refractivity contribution in [2.45, 2.75) is 13.5 Å². The van der Waals surface area contributed by atoms with Crippen molar-refractivity contribution < 1.29 is 0 Å². The number of rotatable bonds is 4. The van der Waals surface area contributed by atoms with Gasteiger partial charge in [0.05, 0.1) is 6.54 Å². The molecule has 0 N–H and O–H groups in total. The molecule has 0 unspecified atom stereocenters. The SMILES string of the molecule is C\C=C/C=C\C=N\Cc1ccccc1. The van der Waals surface area contributed by atoms with Crippen molar-refractivity contribution in [3.63, 3.8) is 0 Å². The maximum Gasteiger partial charge on any atom is 0.0639 e. The summed E-state index contributed by atoms with van der Waals surface area (Å²) in [6, 6.07) is 10.2. The molecule has 0 saturated heterocycles. The average molecular weight is 185 g/mol. The van der Waals surface area contributed by atoms with E-state index in [4.69, 9.17) is 0 Å². The first kappa shape index (κ1) is 10.5. The van der Waals surface area contributed by atoms with Crippen LogP contribution in [0.4, 0.5) is 0 Å². The van der Waals surface area contributed by atoms with E-state index in [9.17, 15) is 0 Å². The van der Waals surface area contributed by atoms with Gasteiger partial charge in [-0.2, -0.15) is 0 Å². The van der Waals surface area contributed by atoms with Crippen molar-refractivity contribution in [1.82, 2.24) is 0 Å². The average Bonchev–Trinajstić information content (AvgIpc) is 2.25. The van der Waals surface area contributed by atoms with E-state index in [1.807, 2.05) is 55.6 Å². The fraction of sp³-hybridized carbons (Fsp3) is 0.154. The van der Waals surface area contributed by atoms with E-state index >= 15 is 0 Å². The molecular formula is C13H15N. The Kier molecular flexibility index (Phi) is 5.11. The maximum absolute atomic E-state index is 4.27. The van der Waals surface area contributed by atoms with E-state index in [-0.39, 0.29) is 0 Å². The van der Waals surface area contributed by atoms with Gasteiger partial charge in [0, 0.05) is 6.21 Å². The van der Waals surface area contributed by atoms with E-state index in [2.05, 4.69) is 17.1 Å². The summed E-state index contributed by atoms with van der Waals surface area (Å²) in [7, 11) is 0. The summed E-state index contributed by atoms with van der Waals surface area (Å²) in [5.41, 5.74) is 1.24. The molecule has 0 amide bonds.